The first-order valence-corrected chi connectivity index (χ1v) is 5.52. The summed E-state index contributed by atoms with van der Waals surface area (Å²) in [5, 5.41) is 1.11. The lowest BCUT2D eigenvalue weighted by Crippen LogP contribution is -2.13. The summed E-state index contributed by atoms with van der Waals surface area (Å²) in [4.78, 5) is 10.9. The van der Waals surface area contributed by atoms with E-state index >= 15 is 0 Å². The third-order valence-electron chi connectivity index (χ3n) is 2.41. The highest BCUT2D eigenvalue weighted by Crippen LogP contribution is 2.25. The molecule has 1 aliphatic carbocycles. The molecule has 0 atom stereocenters. The molecule has 1 saturated carbocycles. The van der Waals surface area contributed by atoms with Crippen LogP contribution in [0.2, 0.25) is 0 Å². The van der Waals surface area contributed by atoms with E-state index in [1.54, 1.807) is 0 Å². The third-order valence-corrected chi connectivity index (χ3v) is 2.97. The van der Waals surface area contributed by atoms with E-state index in [4.69, 9.17) is 0 Å². The summed E-state index contributed by atoms with van der Waals surface area (Å²) in [6.07, 6.45) is 6.54. The molecule has 11 heavy (non-hydrogen) atoms. The minimum absolute atomic E-state index is 0.472. The van der Waals surface area contributed by atoms with Crippen LogP contribution in [0, 0.1) is 5.92 Å². The molecule has 0 radical (unpaired) electrons. The Bertz CT molecular complexity index is 124. The quantitative estimate of drug-likeness (QED) is 0.667. The van der Waals surface area contributed by atoms with Gasteiger partial charge in [-0.05, 0) is 31.6 Å². The van der Waals surface area contributed by atoms with Crippen molar-refractivity contribution in [3.8, 4) is 0 Å². The van der Waals surface area contributed by atoms with E-state index in [1.807, 2.05) is 0 Å². The highest BCUT2D eigenvalue weighted by Gasteiger charge is 2.17. The van der Waals surface area contributed by atoms with E-state index in [9.17, 15) is 4.79 Å². The summed E-state index contributed by atoms with van der Waals surface area (Å²) in [6.45, 7) is 0. The molecule has 0 bridgehead atoms. The second-order valence-corrected chi connectivity index (χ2v) is 4.11. The van der Waals surface area contributed by atoms with Crippen molar-refractivity contribution >= 4 is 21.7 Å². The largest absolute Gasteiger partial charge is 0.300 e. The summed E-state index contributed by atoms with van der Waals surface area (Å²) in [7, 11) is 0. The van der Waals surface area contributed by atoms with Crippen LogP contribution >= 0.6 is 15.9 Å². The van der Waals surface area contributed by atoms with Gasteiger partial charge in [-0.15, -0.1) is 0 Å². The summed E-state index contributed by atoms with van der Waals surface area (Å²) < 4.78 is 0. The Morgan fingerprint density at radius 3 is 2.55 bits per heavy atom. The maximum absolute atomic E-state index is 10.9. The van der Waals surface area contributed by atoms with Crippen LogP contribution < -0.4 is 0 Å². The molecule has 0 heterocycles. The van der Waals surface area contributed by atoms with Gasteiger partial charge in [0.2, 0.25) is 0 Å². The van der Waals surface area contributed by atoms with Crippen molar-refractivity contribution in [2.24, 2.45) is 5.92 Å². The van der Waals surface area contributed by atoms with Crippen molar-refractivity contribution in [3.63, 3.8) is 0 Å². The first kappa shape index (κ1) is 9.24. The Morgan fingerprint density at radius 1 is 1.36 bits per heavy atom. The molecule has 0 spiro atoms. The molecule has 0 aliphatic heterocycles. The Labute approximate surface area is 76.7 Å². The second-order valence-electron chi connectivity index (χ2n) is 3.31. The minimum Gasteiger partial charge on any atom is -0.300 e. The van der Waals surface area contributed by atoms with Gasteiger partial charge in [0.25, 0.3) is 0 Å². The molecule has 64 valence electrons. The summed E-state index contributed by atoms with van der Waals surface area (Å²) in [5.74, 6) is 1.31. The first-order chi connectivity index (χ1) is 5.33. The van der Waals surface area contributed by atoms with Crippen LogP contribution in [0.25, 0.3) is 0 Å². The molecule has 0 amide bonds. The van der Waals surface area contributed by atoms with Gasteiger partial charge in [-0.3, -0.25) is 4.79 Å². The molecule has 1 fully saturated rings. The van der Waals surface area contributed by atoms with Crippen LogP contribution in [0.3, 0.4) is 0 Å². The maximum atomic E-state index is 10.9. The Balaban J connectivity index is 2.12. The normalized spacial score (nSPS) is 20.6. The summed E-state index contributed by atoms with van der Waals surface area (Å²) in [5.41, 5.74) is 0. The van der Waals surface area contributed by atoms with Gasteiger partial charge < -0.3 is 0 Å². The molecular weight excluding hydrogens is 204 g/mol. The predicted molar refractivity (Wildman–Crippen MR) is 50.0 cm³/mol. The zero-order chi connectivity index (χ0) is 8.10. The van der Waals surface area contributed by atoms with Crippen LogP contribution in [0.15, 0.2) is 0 Å². The Hall–Kier alpha value is 0.150. The molecule has 2 heteroatoms. The number of hydrogen-bond donors (Lipinski definition) is 0. The molecule has 0 saturated heterocycles. The number of carbonyl (C=O) groups is 1. The van der Waals surface area contributed by atoms with Crippen molar-refractivity contribution < 1.29 is 4.79 Å². The van der Waals surface area contributed by atoms with Crippen molar-refractivity contribution in [2.45, 2.75) is 38.5 Å². The smallest absolute Gasteiger partial charge is 0.132 e. The number of alkyl halides is 1. The van der Waals surface area contributed by atoms with Crippen molar-refractivity contribution in [2.75, 3.05) is 5.33 Å². The zero-order valence-corrected chi connectivity index (χ0v) is 8.40. The molecule has 1 rings (SSSR count). The van der Waals surface area contributed by atoms with Gasteiger partial charge in [0.05, 0.1) is 0 Å². The van der Waals surface area contributed by atoms with E-state index in [1.165, 1.54) is 12.8 Å². The van der Waals surface area contributed by atoms with Gasteiger partial charge in [-0.1, -0.05) is 15.9 Å². The average molecular weight is 219 g/mol. The van der Waals surface area contributed by atoms with Crippen molar-refractivity contribution in [1.82, 2.24) is 0 Å². The number of halogens is 1. The van der Waals surface area contributed by atoms with Crippen molar-refractivity contribution in [1.29, 1.82) is 0 Å². The van der Waals surface area contributed by atoms with E-state index in [0.29, 0.717) is 5.78 Å². The predicted octanol–water partition coefficient (Wildman–Crippen LogP) is 2.92. The van der Waals surface area contributed by atoms with Crippen LogP contribution in [-0.2, 0) is 4.79 Å². The molecule has 0 aromatic carbocycles. The Kier molecular flexibility index (Phi) is 4.13. The first-order valence-electron chi connectivity index (χ1n) is 4.40. The maximum Gasteiger partial charge on any atom is 0.132 e. The SMILES string of the molecule is O=C1CCC(CCCBr)CC1. The molecule has 1 nitrogen and oxygen atoms in total. The van der Waals surface area contributed by atoms with Gasteiger partial charge in [0.1, 0.15) is 5.78 Å². The molecule has 0 aromatic heterocycles. The highest BCUT2D eigenvalue weighted by atomic mass is 79.9. The lowest BCUT2D eigenvalue weighted by molar-refractivity contribution is -0.121. The van der Waals surface area contributed by atoms with Gasteiger partial charge in [0, 0.05) is 18.2 Å². The highest BCUT2D eigenvalue weighted by molar-refractivity contribution is 9.09. The van der Waals surface area contributed by atoms with Gasteiger partial charge in [0.15, 0.2) is 0 Å². The van der Waals surface area contributed by atoms with E-state index in [-0.39, 0.29) is 0 Å². The monoisotopic (exact) mass is 218 g/mol. The van der Waals surface area contributed by atoms with Gasteiger partial charge in [-0.2, -0.15) is 0 Å². The topological polar surface area (TPSA) is 17.1 Å². The molecule has 0 N–H and O–H groups in total. The van der Waals surface area contributed by atoms with E-state index < -0.39 is 0 Å². The average Bonchev–Trinajstić information content (AvgIpc) is 2.04. The lowest BCUT2D eigenvalue weighted by Gasteiger charge is -2.19. The Morgan fingerprint density at radius 2 is 2.00 bits per heavy atom. The number of Topliss-reactive ketones (excluding diaryl/α,β-unsaturated/α-hetero) is 1. The van der Waals surface area contributed by atoms with Gasteiger partial charge >= 0.3 is 0 Å². The number of hydrogen-bond acceptors (Lipinski definition) is 1. The number of rotatable bonds is 3. The molecule has 1 aliphatic rings. The second kappa shape index (κ2) is 4.91. The fourth-order valence-corrected chi connectivity index (χ4v) is 1.98. The van der Waals surface area contributed by atoms with Crippen LogP contribution in [0.5, 0.6) is 0 Å². The van der Waals surface area contributed by atoms with Crippen LogP contribution in [-0.4, -0.2) is 11.1 Å². The fraction of sp³-hybridized carbons (Fsp3) is 0.889. The van der Waals surface area contributed by atoms with E-state index in [2.05, 4.69) is 15.9 Å². The standard InChI is InChI=1S/C9H15BrO/c10-7-1-2-8-3-5-9(11)6-4-8/h8H,1-7H2. The van der Waals surface area contributed by atoms with Gasteiger partial charge in [-0.25, -0.2) is 0 Å². The summed E-state index contributed by atoms with van der Waals surface area (Å²) >= 11 is 3.42. The van der Waals surface area contributed by atoms with E-state index in [0.717, 1.165) is 36.9 Å². The third kappa shape index (κ3) is 3.37. The van der Waals surface area contributed by atoms with Crippen LogP contribution in [0.4, 0.5) is 0 Å². The molecule has 0 aromatic rings. The zero-order valence-electron chi connectivity index (χ0n) is 6.81. The molecule has 0 unspecified atom stereocenters. The summed E-state index contributed by atoms with van der Waals surface area (Å²) in [6, 6.07) is 0. The minimum atomic E-state index is 0.472. The number of ketones is 1. The molecular formula is C9H15BrO. The van der Waals surface area contributed by atoms with Crippen LogP contribution in [0.1, 0.15) is 38.5 Å². The number of carbonyl (C=O) groups excluding carboxylic acids is 1. The lowest BCUT2D eigenvalue weighted by atomic mass is 9.86. The van der Waals surface area contributed by atoms with Crippen molar-refractivity contribution in [3.05, 3.63) is 0 Å². The fourth-order valence-electron chi connectivity index (χ4n) is 1.65.